The van der Waals surface area contributed by atoms with Crippen LogP contribution in [-0.2, 0) is 9.53 Å². The smallest absolute Gasteiger partial charge is 0.338 e. The van der Waals surface area contributed by atoms with Crippen LogP contribution >= 0.6 is 0 Å². The van der Waals surface area contributed by atoms with Crippen LogP contribution in [-0.4, -0.2) is 18.4 Å². The zero-order valence-corrected chi connectivity index (χ0v) is 14.6. The summed E-state index contributed by atoms with van der Waals surface area (Å²) in [6.07, 6.45) is 3.08. The minimum Gasteiger partial charge on any atom is -0.462 e. The van der Waals surface area contributed by atoms with Gasteiger partial charge in [0.25, 0.3) is 5.84 Å². The first kappa shape index (κ1) is 17.8. The molecule has 0 saturated carbocycles. The molecule has 24 heavy (non-hydrogen) atoms. The van der Waals surface area contributed by atoms with E-state index in [9.17, 15) is 4.79 Å². The number of nitrogens with two attached hydrogens (primary N) is 2. The molecule has 1 heterocycles. The summed E-state index contributed by atoms with van der Waals surface area (Å²) < 4.78 is 5.32. The summed E-state index contributed by atoms with van der Waals surface area (Å²) in [5, 5.41) is 0. The second kappa shape index (κ2) is 7.81. The lowest BCUT2D eigenvalue weighted by atomic mass is 9.79. The topological polar surface area (TPSA) is 92.3 Å². The molecule has 5 N–H and O–H groups in total. The van der Waals surface area contributed by atoms with Gasteiger partial charge in [-0.2, -0.15) is 0 Å². The molecule has 1 unspecified atom stereocenters. The Labute approximate surface area is 143 Å². The van der Waals surface area contributed by atoms with Crippen LogP contribution in [0, 0.1) is 6.92 Å². The van der Waals surface area contributed by atoms with E-state index in [-0.39, 0.29) is 11.9 Å². The van der Waals surface area contributed by atoms with Gasteiger partial charge in [0.2, 0.25) is 0 Å². The largest absolute Gasteiger partial charge is 0.462 e. The molecule has 0 radical (unpaired) electrons. The van der Waals surface area contributed by atoms with E-state index in [0.717, 1.165) is 29.7 Å². The molecule has 5 heteroatoms. The van der Waals surface area contributed by atoms with Gasteiger partial charge in [0, 0.05) is 12.6 Å². The van der Waals surface area contributed by atoms with Crippen LogP contribution in [0.2, 0.25) is 0 Å². The molecule has 1 aliphatic rings. The number of benzene rings is 1. The highest BCUT2D eigenvalue weighted by molar-refractivity contribution is 6.01. The Balaban J connectivity index is 2.71. The third-order valence-electron chi connectivity index (χ3n) is 4.20. The highest BCUT2D eigenvalue weighted by Gasteiger charge is 2.38. The Morgan fingerprint density at radius 2 is 2.04 bits per heavy atom. The Morgan fingerprint density at radius 1 is 1.33 bits per heavy atom. The monoisotopic (exact) mass is 328 g/mol. The van der Waals surface area contributed by atoms with Crippen molar-refractivity contribution in [1.29, 1.82) is 0 Å². The number of esters is 1. The number of hydrogen-bond acceptors (Lipinski definition) is 4. The molecule has 0 fully saturated rings. The summed E-state index contributed by atoms with van der Waals surface area (Å²) in [6.45, 7) is 6.20. The molecule has 0 spiro atoms. The molecular weight excluding hydrogens is 302 g/mol. The number of rotatable bonds is 5. The maximum Gasteiger partial charge on any atom is 0.338 e. The summed E-state index contributed by atoms with van der Waals surface area (Å²) in [4.78, 5) is 15.9. The molecule has 0 aliphatic carbocycles. The molecule has 1 aliphatic heterocycles. The van der Waals surface area contributed by atoms with E-state index >= 15 is 0 Å². The molecule has 1 aromatic rings. The molecule has 1 atom stereocenters. The molecule has 5 nitrogen and oxygen atoms in total. The van der Waals surface area contributed by atoms with Crippen molar-refractivity contribution in [2.45, 2.75) is 39.5 Å². The molecule has 0 aromatic heterocycles. The van der Waals surface area contributed by atoms with Gasteiger partial charge in [-0.25, -0.2) is 9.79 Å². The molecule has 0 bridgehead atoms. The minimum atomic E-state index is -0.325. The lowest BCUT2D eigenvalue weighted by Gasteiger charge is -2.26. The molecule has 128 valence electrons. The van der Waals surface area contributed by atoms with Crippen LogP contribution in [0.1, 0.15) is 43.7 Å². The van der Waals surface area contributed by atoms with E-state index in [1.165, 1.54) is 6.20 Å². The number of carbonyl (C=O) groups excluding carboxylic acids is 1. The number of carbonyl (C=O) groups is 1. The first-order valence-corrected chi connectivity index (χ1v) is 8.32. The maximum atomic E-state index is 12.7. The fourth-order valence-corrected chi connectivity index (χ4v) is 3.10. The second-order valence-electron chi connectivity index (χ2n) is 5.81. The fraction of sp³-hybridized carbons (Fsp3) is 0.368. The third-order valence-corrected chi connectivity index (χ3v) is 4.20. The predicted molar refractivity (Wildman–Crippen MR) is 94.9 cm³/mol. The number of nitrogens with one attached hydrogen (secondary N) is 1. The molecule has 1 aromatic carbocycles. The zero-order valence-electron chi connectivity index (χ0n) is 14.6. The van der Waals surface area contributed by atoms with Gasteiger partial charge < -0.3 is 10.5 Å². The number of ether oxygens (including phenoxy) is 1. The van der Waals surface area contributed by atoms with Crippen LogP contribution in [0.4, 0.5) is 0 Å². The van der Waals surface area contributed by atoms with Crippen molar-refractivity contribution in [3.05, 3.63) is 58.4 Å². The zero-order chi connectivity index (χ0) is 17.7. The quantitative estimate of drug-likeness (QED) is 0.703. The summed E-state index contributed by atoms with van der Waals surface area (Å²) in [5.41, 5.74) is 16.2. The van der Waals surface area contributed by atoms with Gasteiger partial charge in [-0.3, -0.25) is 5.73 Å². The van der Waals surface area contributed by atoms with E-state index in [2.05, 4.69) is 11.9 Å². The number of allylic oxidation sites excluding steroid dienone is 1. The van der Waals surface area contributed by atoms with Crippen molar-refractivity contribution < 1.29 is 14.5 Å². The lowest BCUT2D eigenvalue weighted by molar-refractivity contribution is -0.404. The standard InChI is InChI=1S/C19H25N3O2/c1-4-8-15-17(19(23)24-5-2)16(14(11-20)18(21)22-15)13-10-7-6-9-12(13)3/h6-7,9-11,16H,4-5,8,20H2,1-3H3,(H2,21,22)/p+1/b14-11-. The number of hydrogen-bond donors (Lipinski definition) is 3. The van der Waals surface area contributed by atoms with Crippen molar-refractivity contribution in [2.24, 2.45) is 11.5 Å². The molecule has 0 amide bonds. The lowest BCUT2D eigenvalue weighted by Crippen LogP contribution is -2.76. The molecular formula is C19H26N3O2+. The fourth-order valence-electron chi connectivity index (χ4n) is 3.10. The van der Waals surface area contributed by atoms with Gasteiger partial charge >= 0.3 is 5.97 Å². The molecule has 0 saturated heterocycles. The van der Waals surface area contributed by atoms with Crippen molar-refractivity contribution in [3.8, 4) is 0 Å². The highest BCUT2D eigenvalue weighted by atomic mass is 16.5. The summed E-state index contributed by atoms with van der Waals surface area (Å²) in [6, 6.07) is 7.95. The van der Waals surface area contributed by atoms with Crippen LogP contribution in [0.25, 0.3) is 0 Å². The van der Waals surface area contributed by atoms with Crippen molar-refractivity contribution in [3.63, 3.8) is 0 Å². The van der Waals surface area contributed by atoms with E-state index < -0.39 is 0 Å². The normalized spacial score (nSPS) is 19.4. The van der Waals surface area contributed by atoms with Gasteiger partial charge in [0.15, 0.2) is 0 Å². The Kier molecular flexibility index (Phi) is 5.79. The molecule has 2 rings (SSSR count). The minimum absolute atomic E-state index is 0.321. The van der Waals surface area contributed by atoms with Gasteiger partial charge in [0.1, 0.15) is 5.70 Å². The van der Waals surface area contributed by atoms with Crippen molar-refractivity contribution >= 4 is 11.8 Å². The summed E-state index contributed by atoms with van der Waals surface area (Å²) in [5.74, 6) is -0.158. The van der Waals surface area contributed by atoms with Crippen LogP contribution < -0.4 is 16.5 Å². The second-order valence-corrected chi connectivity index (χ2v) is 5.81. The first-order valence-electron chi connectivity index (χ1n) is 8.32. The average Bonchev–Trinajstić information content (AvgIpc) is 2.55. The van der Waals surface area contributed by atoms with Crippen LogP contribution in [0.5, 0.6) is 0 Å². The van der Waals surface area contributed by atoms with Crippen LogP contribution in [0.15, 0.2) is 47.3 Å². The number of amidine groups is 1. The van der Waals surface area contributed by atoms with Crippen LogP contribution in [0.3, 0.4) is 0 Å². The maximum absolute atomic E-state index is 12.7. The van der Waals surface area contributed by atoms with E-state index in [1.807, 2.05) is 31.2 Å². The summed E-state index contributed by atoms with van der Waals surface area (Å²) in [7, 11) is 0. The third kappa shape index (κ3) is 3.35. The van der Waals surface area contributed by atoms with Crippen molar-refractivity contribution in [1.82, 2.24) is 0 Å². The van der Waals surface area contributed by atoms with E-state index in [4.69, 9.17) is 16.2 Å². The van der Waals surface area contributed by atoms with Gasteiger partial charge in [-0.1, -0.05) is 31.2 Å². The Bertz CT molecular complexity index is 717. The number of aryl methyl sites for hydroxylation is 1. The first-order chi connectivity index (χ1) is 11.5. The van der Waals surface area contributed by atoms with Crippen molar-refractivity contribution in [2.75, 3.05) is 6.61 Å². The predicted octanol–water partition coefficient (Wildman–Crippen LogP) is 0.990. The highest BCUT2D eigenvalue weighted by Crippen LogP contribution is 2.36. The SMILES string of the molecule is CCCC1=C(C(=O)OCC)C(c2ccccc2C)/C(=C/N)C(N)=[NH+]1. The van der Waals surface area contributed by atoms with E-state index in [1.54, 1.807) is 6.92 Å². The Morgan fingerprint density at radius 3 is 2.62 bits per heavy atom. The van der Waals surface area contributed by atoms with Gasteiger partial charge in [0.05, 0.1) is 23.7 Å². The van der Waals surface area contributed by atoms with E-state index in [0.29, 0.717) is 23.6 Å². The van der Waals surface area contributed by atoms with Gasteiger partial charge in [-0.15, -0.1) is 0 Å². The average molecular weight is 328 g/mol. The summed E-state index contributed by atoms with van der Waals surface area (Å²) >= 11 is 0. The Hall–Kier alpha value is -2.56. The van der Waals surface area contributed by atoms with Gasteiger partial charge in [-0.05, 0) is 31.4 Å².